The Morgan fingerprint density at radius 1 is 1.23 bits per heavy atom. The number of halogens is 1. The highest BCUT2D eigenvalue weighted by Gasteiger charge is 2.42. The smallest absolute Gasteiger partial charge is 0.272 e. The zero-order valence-electron chi connectivity index (χ0n) is 16.7. The number of piperidine rings is 1. The molecule has 1 saturated heterocycles. The maximum absolute atomic E-state index is 12.5. The standard InChI is InChI=1S/C22H23ClN4O3/c1-30-18-8-7-16(23)13-17(18)24-19(28)14-27-11-9-22(10-12-27)25-20(21(29)26-22)15-5-3-2-4-6-15/h2-8,13H,9-12,14H2,1H3,(H,24,28)(H,26,29). The summed E-state index contributed by atoms with van der Waals surface area (Å²) in [6.45, 7) is 1.56. The van der Waals surface area contributed by atoms with Gasteiger partial charge in [-0.05, 0) is 18.2 Å². The predicted octanol–water partition coefficient (Wildman–Crippen LogP) is 2.70. The van der Waals surface area contributed by atoms with Crippen molar-refractivity contribution in [2.24, 2.45) is 4.99 Å². The second kappa shape index (κ2) is 8.45. The van der Waals surface area contributed by atoms with E-state index in [0.29, 0.717) is 48.1 Å². The van der Waals surface area contributed by atoms with E-state index in [1.165, 1.54) is 0 Å². The fraction of sp³-hybridized carbons (Fsp3) is 0.318. The SMILES string of the molecule is COc1ccc(Cl)cc1NC(=O)CN1CCC2(CC1)N=C(c1ccccc1)C(=O)N2. The van der Waals surface area contributed by atoms with Crippen LogP contribution >= 0.6 is 11.6 Å². The van der Waals surface area contributed by atoms with Crippen LogP contribution in [0.2, 0.25) is 5.02 Å². The van der Waals surface area contributed by atoms with Gasteiger partial charge in [0.25, 0.3) is 5.91 Å². The number of benzene rings is 2. The van der Waals surface area contributed by atoms with Gasteiger partial charge in [0.05, 0.1) is 19.3 Å². The average Bonchev–Trinajstić information content (AvgIpc) is 3.06. The molecule has 0 unspecified atom stereocenters. The van der Waals surface area contributed by atoms with E-state index in [4.69, 9.17) is 21.3 Å². The average molecular weight is 427 g/mol. The number of anilines is 1. The van der Waals surface area contributed by atoms with Crippen LogP contribution in [0.25, 0.3) is 0 Å². The van der Waals surface area contributed by atoms with E-state index in [1.807, 2.05) is 30.3 Å². The maximum Gasteiger partial charge on any atom is 0.272 e. The molecule has 2 aromatic rings. The molecule has 2 N–H and O–H groups in total. The largest absolute Gasteiger partial charge is 0.495 e. The van der Waals surface area contributed by atoms with E-state index in [-0.39, 0.29) is 18.4 Å². The summed E-state index contributed by atoms with van der Waals surface area (Å²) in [6.07, 6.45) is 1.31. The molecule has 2 aromatic carbocycles. The van der Waals surface area contributed by atoms with Crippen LogP contribution in [0.15, 0.2) is 53.5 Å². The number of carbonyl (C=O) groups is 2. The second-order valence-corrected chi connectivity index (χ2v) is 7.92. The monoisotopic (exact) mass is 426 g/mol. The quantitative estimate of drug-likeness (QED) is 0.770. The van der Waals surface area contributed by atoms with Gasteiger partial charge >= 0.3 is 0 Å². The third-order valence-electron chi connectivity index (χ3n) is 5.42. The highest BCUT2D eigenvalue weighted by molar-refractivity contribution is 6.46. The number of hydrogen-bond acceptors (Lipinski definition) is 5. The van der Waals surface area contributed by atoms with Gasteiger partial charge in [0.1, 0.15) is 17.1 Å². The summed E-state index contributed by atoms with van der Waals surface area (Å²) in [4.78, 5) is 31.8. The van der Waals surface area contributed by atoms with Gasteiger partial charge in [0.15, 0.2) is 0 Å². The first-order chi connectivity index (χ1) is 14.5. The molecule has 30 heavy (non-hydrogen) atoms. The van der Waals surface area contributed by atoms with Crippen LogP contribution in [0.3, 0.4) is 0 Å². The van der Waals surface area contributed by atoms with Crippen LogP contribution in [-0.4, -0.2) is 54.8 Å². The van der Waals surface area contributed by atoms with Gasteiger partial charge in [-0.2, -0.15) is 0 Å². The number of methoxy groups -OCH3 is 1. The van der Waals surface area contributed by atoms with E-state index in [9.17, 15) is 9.59 Å². The third-order valence-corrected chi connectivity index (χ3v) is 5.66. The number of carbonyl (C=O) groups excluding carboxylic acids is 2. The van der Waals surface area contributed by atoms with Crippen molar-refractivity contribution in [1.82, 2.24) is 10.2 Å². The Bertz CT molecular complexity index is 985. The van der Waals surface area contributed by atoms with Gasteiger partial charge in [0, 0.05) is 36.5 Å². The molecule has 2 aliphatic rings. The third kappa shape index (κ3) is 4.32. The summed E-state index contributed by atoms with van der Waals surface area (Å²) >= 11 is 6.02. The van der Waals surface area contributed by atoms with Gasteiger partial charge in [-0.15, -0.1) is 0 Å². The predicted molar refractivity (Wildman–Crippen MR) is 116 cm³/mol. The lowest BCUT2D eigenvalue weighted by atomic mass is 9.98. The molecule has 2 heterocycles. The normalized spacial score (nSPS) is 18.1. The van der Waals surface area contributed by atoms with Gasteiger partial charge in [0.2, 0.25) is 5.91 Å². The molecule has 156 valence electrons. The zero-order chi connectivity index (χ0) is 21.1. The molecule has 7 nitrogen and oxygen atoms in total. The molecule has 0 aliphatic carbocycles. The van der Waals surface area contributed by atoms with Crippen LogP contribution in [-0.2, 0) is 9.59 Å². The number of nitrogens with one attached hydrogen (secondary N) is 2. The Balaban J connectivity index is 1.36. The fourth-order valence-electron chi connectivity index (χ4n) is 3.84. The van der Waals surface area contributed by atoms with E-state index in [2.05, 4.69) is 15.5 Å². The van der Waals surface area contributed by atoms with Crippen molar-refractivity contribution in [2.75, 3.05) is 32.1 Å². The van der Waals surface area contributed by atoms with E-state index < -0.39 is 5.66 Å². The van der Waals surface area contributed by atoms with E-state index >= 15 is 0 Å². The molecule has 0 radical (unpaired) electrons. The van der Waals surface area contributed by atoms with Gasteiger partial charge < -0.3 is 15.4 Å². The van der Waals surface area contributed by atoms with Crippen LogP contribution < -0.4 is 15.4 Å². The van der Waals surface area contributed by atoms with Crippen molar-refractivity contribution < 1.29 is 14.3 Å². The highest BCUT2D eigenvalue weighted by atomic mass is 35.5. The lowest BCUT2D eigenvalue weighted by Gasteiger charge is -2.36. The van der Waals surface area contributed by atoms with Crippen molar-refractivity contribution in [3.8, 4) is 5.75 Å². The zero-order valence-corrected chi connectivity index (χ0v) is 17.4. The Morgan fingerprint density at radius 2 is 1.97 bits per heavy atom. The molecule has 1 fully saturated rings. The minimum absolute atomic E-state index is 0.138. The van der Waals surface area contributed by atoms with Crippen LogP contribution in [0.1, 0.15) is 18.4 Å². The number of hydrogen-bond donors (Lipinski definition) is 2. The van der Waals surface area contributed by atoms with Crippen LogP contribution in [0, 0.1) is 0 Å². The number of ether oxygens (including phenoxy) is 1. The second-order valence-electron chi connectivity index (χ2n) is 7.48. The van der Waals surface area contributed by atoms with Gasteiger partial charge in [-0.1, -0.05) is 41.9 Å². The molecule has 4 rings (SSSR count). The number of rotatable bonds is 5. The lowest BCUT2D eigenvalue weighted by Crippen LogP contribution is -2.52. The van der Waals surface area contributed by atoms with Crippen molar-refractivity contribution in [3.63, 3.8) is 0 Å². The summed E-state index contributed by atoms with van der Waals surface area (Å²) in [6, 6.07) is 14.6. The Labute approximate surface area is 180 Å². The lowest BCUT2D eigenvalue weighted by molar-refractivity contribution is -0.119. The number of nitrogens with zero attached hydrogens (tertiary/aromatic N) is 2. The van der Waals surface area contributed by atoms with E-state index in [0.717, 1.165) is 5.56 Å². The molecule has 8 heteroatoms. The number of aliphatic imine (C=N–C) groups is 1. The van der Waals surface area contributed by atoms with Gasteiger partial charge in [-0.25, -0.2) is 0 Å². The first kappa shape index (κ1) is 20.4. The first-order valence-electron chi connectivity index (χ1n) is 9.81. The Morgan fingerprint density at radius 3 is 2.67 bits per heavy atom. The molecule has 1 spiro atoms. The van der Waals surface area contributed by atoms with Crippen LogP contribution in [0.5, 0.6) is 5.75 Å². The summed E-state index contributed by atoms with van der Waals surface area (Å²) in [5.74, 6) is 0.276. The fourth-order valence-corrected chi connectivity index (χ4v) is 4.02. The molecule has 2 aliphatic heterocycles. The van der Waals surface area contributed by atoms with Crippen molar-refractivity contribution in [3.05, 3.63) is 59.1 Å². The molecular weight excluding hydrogens is 404 g/mol. The minimum atomic E-state index is -0.578. The van der Waals surface area contributed by atoms with Crippen molar-refractivity contribution in [2.45, 2.75) is 18.5 Å². The molecular formula is C22H23ClN4O3. The molecule has 0 bridgehead atoms. The topological polar surface area (TPSA) is 83.0 Å². The van der Waals surface area contributed by atoms with Crippen LogP contribution in [0.4, 0.5) is 5.69 Å². The minimum Gasteiger partial charge on any atom is -0.495 e. The summed E-state index contributed by atoms with van der Waals surface area (Å²) in [5.41, 5.74) is 1.27. The number of amides is 2. The Hall–Kier alpha value is -2.90. The Kier molecular flexibility index (Phi) is 5.74. The molecule has 2 amide bonds. The molecule has 0 atom stereocenters. The van der Waals surface area contributed by atoms with Crippen molar-refractivity contribution >= 4 is 34.8 Å². The summed E-state index contributed by atoms with van der Waals surface area (Å²) in [7, 11) is 1.54. The highest BCUT2D eigenvalue weighted by Crippen LogP contribution is 2.30. The summed E-state index contributed by atoms with van der Waals surface area (Å²) in [5, 5.41) is 6.43. The van der Waals surface area contributed by atoms with Crippen molar-refractivity contribution in [1.29, 1.82) is 0 Å². The number of likely N-dealkylation sites (tertiary alicyclic amines) is 1. The van der Waals surface area contributed by atoms with E-state index in [1.54, 1.807) is 25.3 Å². The van der Waals surface area contributed by atoms with Gasteiger partial charge in [-0.3, -0.25) is 19.5 Å². The molecule has 0 saturated carbocycles. The summed E-state index contributed by atoms with van der Waals surface area (Å²) < 4.78 is 5.27. The molecule has 0 aromatic heterocycles. The maximum atomic E-state index is 12.5. The first-order valence-corrected chi connectivity index (χ1v) is 10.2.